The highest BCUT2D eigenvalue weighted by Crippen LogP contribution is 2.48. The average Bonchev–Trinajstić information content (AvgIpc) is 2.25. The van der Waals surface area contributed by atoms with Gasteiger partial charge in [-0.3, -0.25) is 0 Å². The van der Waals surface area contributed by atoms with Crippen LogP contribution in [0.15, 0.2) is 24.6 Å². The number of aliphatic hydroxyl groups is 1. The van der Waals surface area contributed by atoms with Gasteiger partial charge in [-0.2, -0.15) is 35.1 Å². The van der Waals surface area contributed by atoms with Gasteiger partial charge in [0.2, 0.25) is 0 Å². The summed E-state index contributed by atoms with van der Waals surface area (Å²) >= 11 is 0. The zero-order valence-corrected chi connectivity index (χ0v) is 10.3. The van der Waals surface area contributed by atoms with Crippen LogP contribution >= 0.6 is 0 Å². The van der Waals surface area contributed by atoms with E-state index < -0.39 is 55.0 Å². The standard InChI is InChI=1S/C11H11F9O/c1-2-3-6(4-7(12)8(13)14)5-9(21,10(15,16)17)11(18,19)20/h2,6,21H,1,3-5H2. The molecule has 0 fully saturated rings. The SMILES string of the molecule is C=CCC(CC(F)=C(F)F)CC(O)(C(F)(F)F)C(F)(F)F. The van der Waals surface area contributed by atoms with Crippen molar-refractivity contribution in [1.29, 1.82) is 0 Å². The van der Waals surface area contributed by atoms with Crippen LogP contribution in [0.2, 0.25) is 0 Å². The second-order valence-corrected chi connectivity index (χ2v) is 4.32. The van der Waals surface area contributed by atoms with Crippen LogP contribution in [0, 0.1) is 5.92 Å². The maximum Gasteiger partial charge on any atom is 0.426 e. The van der Waals surface area contributed by atoms with Gasteiger partial charge in [0, 0.05) is 6.42 Å². The van der Waals surface area contributed by atoms with Crippen molar-refractivity contribution in [2.75, 3.05) is 0 Å². The van der Waals surface area contributed by atoms with Crippen LogP contribution in [-0.2, 0) is 0 Å². The van der Waals surface area contributed by atoms with Crippen LogP contribution in [0.1, 0.15) is 19.3 Å². The molecule has 124 valence electrons. The second-order valence-electron chi connectivity index (χ2n) is 4.32. The van der Waals surface area contributed by atoms with Gasteiger partial charge in [-0.1, -0.05) is 6.08 Å². The van der Waals surface area contributed by atoms with Gasteiger partial charge >= 0.3 is 18.4 Å². The van der Waals surface area contributed by atoms with Gasteiger partial charge in [-0.15, -0.1) is 6.58 Å². The van der Waals surface area contributed by atoms with Crippen LogP contribution in [0.3, 0.4) is 0 Å². The molecule has 0 aliphatic heterocycles. The first-order valence-electron chi connectivity index (χ1n) is 5.42. The Morgan fingerprint density at radius 1 is 1.00 bits per heavy atom. The Hall–Kier alpha value is -1.19. The van der Waals surface area contributed by atoms with Crippen molar-refractivity contribution in [1.82, 2.24) is 0 Å². The molecule has 0 amide bonds. The van der Waals surface area contributed by atoms with E-state index in [1.807, 2.05) is 0 Å². The van der Waals surface area contributed by atoms with Crippen LogP contribution < -0.4 is 0 Å². The molecule has 0 radical (unpaired) electrons. The molecule has 0 aliphatic carbocycles. The van der Waals surface area contributed by atoms with E-state index in [1.165, 1.54) is 0 Å². The van der Waals surface area contributed by atoms with Gasteiger partial charge < -0.3 is 5.11 Å². The van der Waals surface area contributed by atoms with Crippen LogP contribution in [0.4, 0.5) is 39.5 Å². The molecular weight excluding hydrogens is 319 g/mol. The highest BCUT2D eigenvalue weighted by Gasteiger charge is 2.70. The molecule has 0 heterocycles. The number of rotatable bonds is 6. The van der Waals surface area contributed by atoms with Gasteiger partial charge in [0.15, 0.2) is 5.83 Å². The molecule has 21 heavy (non-hydrogen) atoms. The van der Waals surface area contributed by atoms with E-state index in [9.17, 15) is 39.5 Å². The van der Waals surface area contributed by atoms with Crippen molar-refractivity contribution >= 4 is 0 Å². The lowest BCUT2D eigenvalue weighted by atomic mass is 9.85. The molecular formula is C11H11F9O. The lowest BCUT2D eigenvalue weighted by molar-refractivity contribution is -0.372. The molecule has 0 aromatic carbocycles. The molecule has 0 aliphatic rings. The number of halogens is 9. The van der Waals surface area contributed by atoms with Crippen molar-refractivity contribution in [3.8, 4) is 0 Å². The van der Waals surface area contributed by atoms with Gasteiger partial charge in [-0.25, -0.2) is 4.39 Å². The quantitative estimate of drug-likeness (QED) is 0.543. The lowest BCUT2D eigenvalue weighted by Gasteiger charge is -2.34. The Bertz CT molecular complexity index is 375. The van der Waals surface area contributed by atoms with E-state index in [4.69, 9.17) is 5.11 Å². The summed E-state index contributed by atoms with van der Waals surface area (Å²) in [5, 5.41) is 8.92. The minimum absolute atomic E-state index is 0.616. The molecule has 1 unspecified atom stereocenters. The topological polar surface area (TPSA) is 20.2 Å². The molecule has 0 spiro atoms. The van der Waals surface area contributed by atoms with Crippen molar-refractivity contribution in [3.63, 3.8) is 0 Å². The Kier molecular flexibility index (Phi) is 6.33. The van der Waals surface area contributed by atoms with E-state index in [0.717, 1.165) is 6.08 Å². The van der Waals surface area contributed by atoms with Crippen LogP contribution in [-0.4, -0.2) is 23.1 Å². The predicted molar refractivity (Wildman–Crippen MR) is 54.9 cm³/mol. The third-order valence-corrected chi connectivity index (χ3v) is 2.69. The van der Waals surface area contributed by atoms with E-state index in [1.54, 1.807) is 0 Å². The summed E-state index contributed by atoms with van der Waals surface area (Å²) in [6.07, 6.45) is -18.2. The first-order chi connectivity index (χ1) is 9.26. The molecule has 0 aromatic heterocycles. The van der Waals surface area contributed by atoms with Crippen molar-refractivity contribution in [3.05, 3.63) is 24.6 Å². The van der Waals surface area contributed by atoms with E-state index in [0.29, 0.717) is 0 Å². The van der Waals surface area contributed by atoms with Gasteiger partial charge in [0.05, 0.1) is 0 Å². The van der Waals surface area contributed by atoms with Gasteiger partial charge in [-0.05, 0) is 18.8 Å². The number of alkyl halides is 6. The van der Waals surface area contributed by atoms with Crippen LogP contribution in [0.25, 0.3) is 0 Å². The van der Waals surface area contributed by atoms with Crippen LogP contribution in [0.5, 0.6) is 0 Å². The summed E-state index contributed by atoms with van der Waals surface area (Å²) < 4.78 is 111. The molecule has 0 bridgehead atoms. The summed E-state index contributed by atoms with van der Waals surface area (Å²) in [7, 11) is 0. The second kappa shape index (κ2) is 6.71. The van der Waals surface area contributed by atoms with Gasteiger partial charge in [0.1, 0.15) is 0 Å². The smallest absolute Gasteiger partial charge is 0.374 e. The largest absolute Gasteiger partial charge is 0.426 e. The summed E-state index contributed by atoms with van der Waals surface area (Å²) in [4.78, 5) is 0. The fourth-order valence-electron chi connectivity index (χ4n) is 1.62. The third kappa shape index (κ3) is 4.94. The number of hydrogen-bond acceptors (Lipinski definition) is 1. The molecule has 1 nitrogen and oxygen atoms in total. The third-order valence-electron chi connectivity index (χ3n) is 2.69. The first-order valence-corrected chi connectivity index (χ1v) is 5.42. The Balaban J connectivity index is 5.46. The van der Waals surface area contributed by atoms with Crippen molar-refractivity contribution < 1.29 is 44.6 Å². The molecule has 0 aromatic rings. The monoisotopic (exact) mass is 330 g/mol. The summed E-state index contributed by atoms with van der Waals surface area (Å²) in [6, 6.07) is 0. The summed E-state index contributed by atoms with van der Waals surface area (Å²) in [5.41, 5.74) is -5.11. The van der Waals surface area contributed by atoms with E-state index >= 15 is 0 Å². The highest BCUT2D eigenvalue weighted by atomic mass is 19.4. The normalized spacial score (nSPS) is 14.8. The summed E-state index contributed by atoms with van der Waals surface area (Å²) in [5.74, 6) is -3.98. The maximum absolute atomic E-state index is 12.7. The Labute approximate surface area is 113 Å². The van der Waals surface area contributed by atoms with Crippen molar-refractivity contribution in [2.45, 2.75) is 37.2 Å². The zero-order valence-electron chi connectivity index (χ0n) is 10.3. The molecule has 1 atom stereocenters. The zero-order chi connectivity index (χ0) is 17.1. The fourth-order valence-corrected chi connectivity index (χ4v) is 1.62. The van der Waals surface area contributed by atoms with Gasteiger partial charge in [0.25, 0.3) is 5.60 Å². The minimum atomic E-state index is -6.08. The Morgan fingerprint density at radius 2 is 1.43 bits per heavy atom. The molecule has 0 saturated heterocycles. The molecule has 10 heteroatoms. The highest BCUT2D eigenvalue weighted by molar-refractivity contribution is 5.00. The Morgan fingerprint density at radius 3 is 1.71 bits per heavy atom. The van der Waals surface area contributed by atoms with Crippen molar-refractivity contribution in [2.24, 2.45) is 5.92 Å². The maximum atomic E-state index is 12.7. The molecule has 0 rings (SSSR count). The summed E-state index contributed by atoms with van der Waals surface area (Å²) in [6.45, 7) is 3.04. The fraction of sp³-hybridized carbons (Fsp3) is 0.636. The minimum Gasteiger partial charge on any atom is -0.374 e. The number of allylic oxidation sites excluding steroid dienone is 2. The molecule has 0 saturated carbocycles. The van der Waals surface area contributed by atoms with E-state index in [2.05, 4.69) is 6.58 Å². The molecule has 1 N–H and O–H groups in total. The van der Waals surface area contributed by atoms with E-state index in [-0.39, 0.29) is 0 Å². The average molecular weight is 330 g/mol. The first kappa shape index (κ1) is 19.8. The lowest BCUT2D eigenvalue weighted by Crippen LogP contribution is -2.57. The predicted octanol–water partition coefficient (Wildman–Crippen LogP) is 4.89. The number of hydrogen-bond donors (Lipinski definition) is 1.